The second kappa shape index (κ2) is 9.50. The van der Waals surface area contributed by atoms with Gasteiger partial charge in [0, 0.05) is 23.8 Å². The molecule has 0 N–H and O–H groups in total. The Kier molecular flexibility index (Phi) is 6.71. The molecular weight excluding hydrogens is 442 g/mol. The number of hydrogen-bond acceptors (Lipinski definition) is 5. The molecule has 1 fully saturated rings. The zero-order chi connectivity index (χ0) is 22.7. The standard InChI is InChI=1S/C24H27N3O3S2/c1-3-26(21-13-14-32(29,30)17-21)23(28)16-31-24-25-15-22(19-7-5-4-6-8-19)27(24)20-11-9-18(2)10-12-20/h4-12,15,21H,3,13-14,16-17H2,1-2H3. The number of benzene rings is 2. The Morgan fingerprint density at radius 2 is 1.88 bits per heavy atom. The molecular formula is C24H27N3O3S2. The number of hydrogen-bond donors (Lipinski definition) is 0. The third-order valence-corrected chi connectivity index (χ3v) is 8.41. The van der Waals surface area contributed by atoms with Gasteiger partial charge in [-0.2, -0.15) is 0 Å². The first-order chi connectivity index (χ1) is 15.4. The quantitative estimate of drug-likeness (QED) is 0.490. The van der Waals surface area contributed by atoms with Gasteiger partial charge >= 0.3 is 0 Å². The number of aryl methyl sites for hydroxylation is 1. The van der Waals surface area contributed by atoms with Crippen molar-refractivity contribution in [2.75, 3.05) is 23.8 Å². The molecule has 0 radical (unpaired) electrons. The molecule has 4 rings (SSSR count). The van der Waals surface area contributed by atoms with E-state index in [-0.39, 0.29) is 29.2 Å². The van der Waals surface area contributed by atoms with Gasteiger partial charge in [-0.15, -0.1) is 0 Å². The van der Waals surface area contributed by atoms with Crippen LogP contribution >= 0.6 is 11.8 Å². The molecule has 0 spiro atoms. The minimum Gasteiger partial charge on any atom is -0.338 e. The van der Waals surface area contributed by atoms with E-state index in [4.69, 9.17) is 0 Å². The molecule has 0 bridgehead atoms. The summed E-state index contributed by atoms with van der Waals surface area (Å²) < 4.78 is 25.8. The van der Waals surface area contributed by atoms with Crippen molar-refractivity contribution in [2.24, 2.45) is 0 Å². The number of imidazole rings is 1. The molecule has 1 unspecified atom stereocenters. The fraction of sp³-hybridized carbons (Fsp3) is 0.333. The summed E-state index contributed by atoms with van der Waals surface area (Å²) in [5.74, 6) is 0.376. The number of carbonyl (C=O) groups excluding carboxylic acids is 1. The van der Waals surface area contributed by atoms with Crippen molar-refractivity contribution >= 4 is 27.5 Å². The van der Waals surface area contributed by atoms with Gasteiger partial charge in [0.05, 0.1) is 29.1 Å². The van der Waals surface area contributed by atoms with Gasteiger partial charge in [-0.3, -0.25) is 9.36 Å². The maximum atomic E-state index is 13.0. The Morgan fingerprint density at radius 3 is 2.50 bits per heavy atom. The molecule has 3 aromatic rings. The maximum absolute atomic E-state index is 13.0. The molecule has 6 nitrogen and oxygen atoms in total. The summed E-state index contributed by atoms with van der Waals surface area (Å²) in [5.41, 5.74) is 4.16. The SMILES string of the molecule is CCN(C(=O)CSc1ncc(-c2ccccc2)n1-c1ccc(C)cc1)C1CCS(=O)(=O)C1. The van der Waals surface area contributed by atoms with Crippen LogP contribution in [0.15, 0.2) is 66.0 Å². The monoisotopic (exact) mass is 469 g/mol. The fourth-order valence-corrected chi connectivity index (χ4v) is 6.67. The van der Waals surface area contributed by atoms with Crippen molar-refractivity contribution in [1.29, 1.82) is 0 Å². The van der Waals surface area contributed by atoms with Crippen molar-refractivity contribution < 1.29 is 13.2 Å². The van der Waals surface area contributed by atoms with Gasteiger partial charge in [0.2, 0.25) is 5.91 Å². The Bertz CT molecular complexity index is 1190. The highest BCUT2D eigenvalue weighted by atomic mass is 32.2. The first-order valence-corrected chi connectivity index (χ1v) is 13.5. The smallest absolute Gasteiger partial charge is 0.233 e. The average molecular weight is 470 g/mol. The van der Waals surface area contributed by atoms with Crippen molar-refractivity contribution in [3.05, 3.63) is 66.4 Å². The van der Waals surface area contributed by atoms with Crippen LogP contribution in [0.4, 0.5) is 0 Å². The van der Waals surface area contributed by atoms with Crippen LogP contribution < -0.4 is 0 Å². The lowest BCUT2D eigenvalue weighted by atomic mass is 10.1. The van der Waals surface area contributed by atoms with E-state index < -0.39 is 9.84 Å². The Hall–Kier alpha value is -2.58. The third kappa shape index (κ3) is 4.91. The van der Waals surface area contributed by atoms with Crippen molar-refractivity contribution in [3.8, 4) is 16.9 Å². The molecule has 2 aromatic carbocycles. The van der Waals surface area contributed by atoms with Crippen LogP contribution in [0.5, 0.6) is 0 Å². The number of carbonyl (C=O) groups is 1. The molecule has 32 heavy (non-hydrogen) atoms. The minimum absolute atomic E-state index is 0.0562. The number of nitrogens with zero attached hydrogens (tertiary/aromatic N) is 3. The Labute approximate surface area is 193 Å². The van der Waals surface area contributed by atoms with Crippen LogP contribution in [-0.2, 0) is 14.6 Å². The first-order valence-electron chi connectivity index (χ1n) is 10.7. The molecule has 8 heteroatoms. The van der Waals surface area contributed by atoms with Crippen molar-refractivity contribution in [3.63, 3.8) is 0 Å². The predicted molar refractivity (Wildman–Crippen MR) is 129 cm³/mol. The lowest BCUT2D eigenvalue weighted by molar-refractivity contribution is -0.129. The van der Waals surface area contributed by atoms with E-state index in [9.17, 15) is 13.2 Å². The zero-order valence-electron chi connectivity index (χ0n) is 18.3. The molecule has 1 aliphatic rings. The topological polar surface area (TPSA) is 72.3 Å². The molecule has 0 aliphatic carbocycles. The average Bonchev–Trinajstić information content (AvgIpc) is 3.37. The second-order valence-corrected chi connectivity index (χ2v) is 11.2. The van der Waals surface area contributed by atoms with Gasteiger partial charge in [0.1, 0.15) is 0 Å². The van der Waals surface area contributed by atoms with E-state index >= 15 is 0 Å². The Balaban J connectivity index is 1.59. The minimum atomic E-state index is -3.04. The highest BCUT2D eigenvalue weighted by Gasteiger charge is 2.34. The second-order valence-electron chi connectivity index (χ2n) is 7.99. The lowest BCUT2D eigenvalue weighted by Crippen LogP contribution is -2.42. The molecule has 0 saturated carbocycles. The number of amides is 1. The predicted octanol–water partition coefficient (Wildman–Crippen LogP) is 3.98. The fourth-order valence-electron chi connectivity index (χ4n) is 4.06. The normalized spacial score (nSPS) is 17.4. The third-order valence-electron chi connectivity index (χ3n) is 5.73. The number of aromatic nitrogens is 2. The summed E-state index contributed by atoms with van der Waals surface area (Å²) in [6.07, 6.45) is 2.35. The number of rotatable bonds is 7. The van der Waals surface area contributed by atoms with Gasteiger partial charge in [-0.05, 0) is 32.4 Å². The highest BCUT2D eigenvalue weighted by Crippen LogP contribution is 2.30. The lowest BCUT2D eigenvalue weighted by Gasteiger charge is -2.26. The maximum Gasteiger partial charge on any atom is 0.233 e. The van der Waals surface area contributed by atoms with E-state index in [0.29, 0.717) is 13.0 Å². The summed E-state index contributed by atoms with van der Waals surface area (Å²) in [6, 6.07) is 18.0. The summed E-state index contributed by atoms with van der Waals surface area (Å²) >= 11 is 1.38. The number of thioether (sulfide) groups is 1. The number of sulfone groups is 1. The summed E-state index contributed by atoms with van der Waals surface area (Å²) in [6.45, 7) is 4.45. The van der Waals surface area contributed by atoms with Crippen molar-refractivity contribution in [2.45, 2.75) is 31.5 Å². The van der Waals surface area contributed by atoms with E-state index in [1.807, 2.05) is 50.4 Å². The van der Waals surface area contributed by atoms with Crippen molar-refractivity contribution in [1.82, 2.24) is 14.5 Å². The van der Waals surface area contributed by atoms with Crippen LogP contribution in [0.2, 0.25) is 0 Å². The molecule has 2 heterocycles. The summed E-state index contributed by atoms with van der Waals surface area (Å²) in [4.78, 5) is 19.3. The van der Waals surface area contributed by atoms with Gasteiger partial charge in [0.25, 0.3) is 0 Å². The molecule has 1 saturated heterocycles. The molecule has 168 valence electrons. The van der Waals surface area contributed by atoms with Gasteiger partial charge in [-0.1, -0.05) is 59.8 Å². The van der Waals surface area contributed by atoms with Crippen LogP contribution in [0, 0.1) is 6.92 Å². The van der Waals surface area contributed by atoms with Crippen LogP contribution in [-0.4, -0.2) is 58.6 Å². The highest BCUT2D eigenvalue weighted by molar-refractivity contribution is 7.99. The van der Waals surface area contributed by atoms with Crippen LogP contribution in [0.3, 0.4) is 0 Å². The van der Waals surface area contributed by atoms with Gasteiger partial charge < -0.3 is 4.90 Å². The zero-order valence-corrected chi connectivity index (χ0v) is 19.9. The van der Waals surface area contributed by atoms with E-state index in [0.717, 1.165) is 22.1 Å². The summed E-state index contributed by atoms with van der Waals surface area (Å²) in [7, 11) is -3.04. The van der Waals surface area contributed by atoms with Gasteiger partial charge in [0.15, 0.2) is 15.0 Å². The van der Waals surface area contributed by atoms with E-state index in [1.165, 1.54) is 17.3 Å². The molecule has 1 amide bonds. The van der Waals surface area contributed by atoms with Crippen LogP contribution in [0.25, 0.3) is 16.9 Å². The first kappa shape index (κ1) is 22.6. The summed E-state index contributed by atoms with van der Waals surface area (Å²) in [5, 5.41) is 0.733. The van der Waals surface area contributed by atoms with Crippen LogP contribution in [0.1, 0.15) is 18.9 Å². The molecule has 1 aromatic heterocycles. The molecule has 1 atom stereocenters. The van der Waals surface area contributed by atoms with E-state index in [2.05, 4.69) is 33.8 Å². The van der Waals surface area contributed by atoms with E-state index in [1.54, 1.807) is 4.90 Å². The molecule has 1 aliphatic heterocycles. The van der Waals surface area contributed by atoms with Gasteiger partial charge in [-0.25, -0.2) is 13.4 Å². The Morgan fingerprint density at radius 1 is 1.16 bits per heavy atom. The largest absolute Gasteiger partial charge is 0.338 e.